The standard InChI is InChI=1S/C15H26N2O3/c18-14(17-8-3-1-2-4-9-17)11-16-10-12-6-5-7-13(12)15(19)20/h12-13,16H,1-11H2,(H,19,20). The number of hydrogen-bond acceptors (Lipinski definition) is 3. The SMILES string of the molecule is O=C(O)C1CCCC1CNCC(=O)N1CCCCCC1. The molecule has 1 saturated heterocycles. The summed E-state index contributed by atoms with van der Waals surface area (Å²) < 4.78 is 0. The van der Waals surface area contributed by atoms with Gasteiger partial charge in [-0.15, -0.1) is 0 Å². The fourth-order valence-electron chi connectivity index (χ4n) is 3.40. The predicted molar refractivity (Wildman–Crippen MR) is 76.4 cm³/mol. The van der Waals surface area contributed by atoms with Crippen LogP contribution >= 0.6 is 0 Å². The molecular formula is C15H26N2O3. The van der Waals surface area contributed by atoms with E-state index in [2.05, 4.69) is 5.32 Å². The van der Waals surface area contributed by atoms with Crippen molar-refractivity contribution in [3.05, 3.63) is 0 Å². The highest BCUT2D eigenvalue weighted by Crippen LogP contribution is 2.31. The molecule has 2 fully saturated rings. The predicted octanol–water partition coefficient (Wildman–Crippen LogP) is 1.48. The number of carbonyl (C=O) groups excluding carboxylic acids is 1. The lowest BCUT2D eigenvalue weighted by Gasteiger charge is -2.22. The van der Waals surface area contributed by atoms with Gasteiger partial charge >= 0.3 is 5.97 Å². The van der Waals surface area contributed by atoms with Gasteiger partial charge in [0, 0.05) is 13.1 Å². The first kappa shape index (κ1) is 15.3. The number of likely N-dealkylation sites (tertiary alicyclic amines) is 1. The number of hydrogen-bond donors (Lipinski definition) is 2. The molecule has 5 nitrogen and oxygen atoms in total. The second kappa shape index (κ2) is 7.62. The first-order chi connectivity index (χ1) is 9.68. The molecule has 2 unspecified atom stereocenters. The summed E-state index contributed by atoms with van der Waals surface area (Å²) in [6, 6.07) is 0. The van der Waals surface area contributed by atoms with E-state index in [-0.39, 0.29) is 17.7 Å². The van der Waals surface area contributed by atoms with Crippen molar-refractivity contribution >= 4 is 11.9 Å². The van der Waals surface area contributed by atoms with Gasteiger partial charge < -0.3 is 15.3 Å². The molecule has 1 saturated carbocycles. The molecule has 0 spiro atoms. The Bertz CT molecular complexity index is 338. The number of amides is 1. The van der Waals surface area contributed by atoms with Crippen LogP contribution in [-0.4, -0.2) is 48.1 Å². The summed E-state index contributed by atoms with van der Waals surface area (Å²) in [4.78, 5) is 25.1. The fourth-order valence-corrected chi connectivity index (χ4v) is 3.40. The summed E-state index contributed by atoms with van der Waals surface area (Å²) in [6.07, 6.45) is 7.39. The molecule has 114 valence electrons. The normalized spacial score (nSPS) is 27.3. The van der Waals surface area contributed by atoms with Gasteiger partial charge in [-0.2, -0.15) is 0 Å². The summed E-state index contributed by atoms with van der Waals surface area (Å²) >= 11 is 0. The fraction of sp³-hybridized carbons (Fsp3) is 0.867. The Kier molecular flexibility index (Phi) is 5.83. The maximum atomic E-state index is 12.1. The van der Waals surface area contributed by atoms with Crippen molar-refractivity contribution in [1.29, 1.82) is 0 Å². The zero-order valence-corrected chi connectivity index (χ0v) is 12.1. The number of nitrogens with zero attached hydrogens (tertiary/aromatic N) is 1. The number of nitrogens with one attached hydrogen (secondary N) is 1. The third-order valence-corrected chi connectivity index (χ3v) is 4.62. The summed E-state index contributed by atoms with van der Waals surface area (Å²) in [5, 5.41) is 12.3. The maximum absolute atomic E-state index is 12.1. The van der Waals surface area contributed by atoms with Crippen LogP contribution in [0.5, 0.6) is 0 Å². The zero-order chi connectivity index (χ0) is 14.4. The van der Waals surface area contributed by atoms with Crippen molar-refractivity contribution in [2.75, 3.05) is 26.2 Å². The Hall–Kier alpha value is -1.10. The number of carboxylic acid groups (broad SMARTS) is 1. The van der Waals surface area contributed by atoms with E-state index in [1.807, 2.05) is 4.90 Å². The Morgan fingerprint density at radius 2 is 1.75 bits per heavy atom. The summed E-state index contributed by atoms with van der Waals surface area (Å²) in [5.74, 6) is -0.565. The topological polar surface area (TPSA) is 69.6 Å². The smallest absolute Gasteiger partial charge is 0.306 e. The number of carbonyl (C=O) groups is 2. The molecule has 2 rings (SSSR count). The molecule has 0 bridgehead atoms. The minimum absolute atomic E-state index is 0.164. The van der Waals surface area contributed by atoms with Gasteiger partial charge in [0.1, 0.15) is 0 Å². The van der Waals surface area contributed by atoms with E-state index < -0.39 is 5.97 Å². The van der Waals surface area contributed by atoms with Gasteiger partial charge in [0.15, 0.2) is 0 Å². The van der Waals surface area contributed by atoms with Crippen LogP contribution in [0.25, 0.3) is 0 Å². The third kappa shape index (κ3) is 4.20. The van der Waals surface area contributed by atoms with Gasteiger partial charge in [-0.05, 0) is 38.1 Å². The number of aliphatic carboxylic acids is 1. The molecular weight excluding hydrogens is 256 g/mol. The van der Waals surface area contributed by atoms with Crippen molar-refractivity contribution in [3.63, 3.8) is 0 Å². The molecule has 2 N–H and O–H groups in total. The first-order valence-corrected chi connectivity index (χ1v) is 7.90. The molecule has 0 aromatic carbocycles. The molecule has 5 heteroatoms. The second-order valence-electron chi connectivity index (χ2n) is 6.06. The van der Waals surface area contributed by atoms with E-state index in [0.29, 0.717) is 13.1 Å². The molecule has 1 aliphatic heterocycles. The largest absolute Gasteiger partial charge is 0.481 e. The minimum atomic E-state index is -0.687. The lowest BCUT2D eigenvalue weighted by Crippen LogP contribution is -2.40. The molecule has 0 radical (unpaired) electrons. The van der Waals surface area contributed by atoms with Crippen LogP contribution in [0.4, 0.5) is 0 Å². The summed E-state index contributed by atoms with van der Waals surface area (Å²) in [7, 11) is 0. The van der Waals surface area contributed by atoms with E-state index in [9.17, 15) is 9.59 Å². The van der Waals surface area contributed by atoms with Crippen LogP contribution in [-0.2, 0) is 9.59 Å². The minimum Gasteiger partial charge on any atom is -0.481 e. The highest BCUT2D eigenvalue weighted by atomic mass is 16.4. The van der Waals surface area contributed by atoms with E-state index in [1.54, 1.807) is 0 Å². The molecule has 2 atom stereocenters. The highest BCUT2D eigenvalue weighted by Gasteiger charge is 2.32. The summed E-state index contributed by atoms with van der Waals surface area (Å²) in [6.45, 7) is 2.75. The molecule has 20 heavy (non-hydrogen) atoms. The van der Waals surface area contributed by atoms with Crippen LogP contribution in [0.15, 0.2) is 0 Å². The van der Waals surface area contributed by atoms with Gasteiger partial charge in [-0.25, -0.2) is 0 Å². The third-order valence-electron chi connectivity index (χ3n) is 4.62. The van der Waals surface area contributed by atoms with Crippen LogP contribution in [0.2, 0.25) is 0 Å². The monoisotopic (exact) mass is 282 g/mol. The van der Waals surface area contributed by atoms with Crippen LogP contribution < -0.4 is 5.32 Å². The van der Waals surface area contributed by atoms with Crippen molar-refractivity contribution in [1.82, 2.24) is 10.2 Å². The van der Waals surface area contributed by atoms with Gasteiger partial charge in [0.05, 0.1) is 12.5 Å². The van der Waals surface area contributed by atoms with Crippen molar-refractivity contribution in [2.24, 2.45) is 11.8 Å². The Morgan fingerprint density at radius 1 is 1.05 bits per heavy atom. The van der Waals surface area contributed by atoms with Crippen molar-refractivity contribution in [3.8, 4) is 0 Å². The first-order valence-electron chi connectivity index (χ1n) is 7.90. The molecule has 0 aromatic heterocycles. The number of rotatable bonds is 5. The average molecular weight is 282 g/mol. The lowest BCUT2D eigenvalue weighted by atomic mass is 9.96. The Labute approximate surface area is 120 Å². The van der Waals surface area contributed by atoms with Gasteiger partial charge in [0.25, 0.3) is 0 Å². The Morgan fingerprint density at radius 3 is 2.40 bits per heavy atom. The molecule has 1 heterocycles. The Balaban J connectivity index is 1.69. The zero-order valence-electron chi connectivity index (χ0n) is 12.1. The van der Waals surface area contributed by atoms with Gasteiger partial charge in [-0.3, -0.25) is 9.59 Å². The molecule has 0 aromatic rings. The average Bonchev–Trinajstić information content (AvgIpc) is 2.72. The van der Waals surface area contributed by atoms with Crippen LogP contribution in [0, 0.1) is 11.8 Å². The van der Waals surface area contributed by atoms with Crippen molar-refractivity contribution < 1.29 is 14.7 Å². The maximum Gasteiger partial charge on any atom is 0.306 e. The molecule has 1 aliphatic carbocycles. The molecule has 1 amide bonds. The van der Waals surface area contributed by atoms with E-state index in [4.69, 9.17) is 5.11 Å². The van der Waals surface area contributed by atoms with Crippen LogP contribution in [0.3, 0.4) is 0 Å². The molecule has 2 aliphatic rings. The van der Waals surface area contributed by atoms with E-state index in [0.717, 1.165) is 45.2 Å². The highest BCUT2D eigenvalue weighted by molar-refractivity contribution is 5.78. The second-order valence-corrected chi connectivity index (χ2v) is 6.06. The summed E-state index contributed by atoms with van der Waals surface area (Å²) in [5.41, 5.74) is 0. The van der Waals surface area contributed by atoms with E-state index in [1.165, 1.54) is 12.8 Å². The van der Waals surface area contributed by atoms with Crippen LogP contribution in [0.1, 0.15) is 44.9 Å². The van der Waals surface area contributed by atoms with Gasteiger partial charge in [0.2, 0.25) is 5.91 Å². The quantitative estimate of drug-likeness (QED) is 0.801. The lowest BCUT2D eigenvalue weighted by molar-refractivity contribution is -0.142. The number of carboxylic acids is 1. The van der Waals surface area contributed by atoms with Gasteiger partial charge in [-0.1, -0.05) is 19.3 Å². The van der Waals surface area contributed by atoms with E-state index >= 15 is 0 Å². The van der Waals surface area contributed by atoms with Crippen molar-refractivity contribution in [2.45, 2.75) is 44.9 Å².